The lowest BCUT2D eigenvalue weighted by Crippen LogP contribution is -2.39. The minimum Gasteiger partial charge on any atom is -0.486 e. The maximum Gasteiger partial charge on any atom is 0.401 e. The van der Waals surface area contributed by atoms with Crippen molar-refractivity contribution in [3.05, 3.63) is 33.3 Å². The molecule has 10 heteroatoms. The lowest BCUT2D eigenvalue weighted by atomic mass is 10.1. The van der Waals surface area contributed by atoms with Crippen LogP contribution in [0.1, 0.15) is 0 Å². The Kier molecular flexibility index (Phi) is 4.77. The van der Waals surface area contributed by atoms with Crippen molar-refractivity contribution in [3.8, 4) is 5.75 Å². The number of alkyl halides is 3. The highest BCUT2D eigenvalue weighted by Gasteiger charge is 2.42. The molecular formula is C10H9ClF3N3O3. The summed E-state index contributed by atoms with van der Waals surface area (Å²) in [6, 6.07) is 3.24. The first kappa shape index (κ1) is 16.0. The molecule has 1 rings (SSSR count). The van der Waals surface area contributed by atoms with Gasteiger partial charge in [-0.3, -0.25) is 15.5 Å². The summed E-state index contributed by atoms with van der Waals surface area (Å²) < 4.78 is 42.4. The van der Waals surface area contributed by atoms with Crippen LogP contribution in [0.2, 0.25) is 5.02 Å². The molecule has 3 N–H and O–H groups in total. The first-order valence-electron chi connectivity index (χ1n) is 5.10. The molecule has 1 aromatic rings. The second kappa shape index (κ2) is 5.95. The highest BCUT2D eigenvalue weighted by atomic mass is 35.5. The highest BCUT2D eigenvalue weighted by Crippen LogP contribution is 2.32. The molecule has 20 heavy (non-hydrogen) atoms. The molecule has 1 unspecified atom stereocenters. The molecule has 0 aliphatic rings. The number of nitrogens with zero attached hydrogens (tertiary/aromatic N) is 1. The lowest BCUT2D eigenvalue weighted by Gasteiger charge is -2.19. The van der Waals surface area contributed by atoms with Crippen molar-refractivity contribution in [2.24, 2.45) is 11.7 Å². The number of nitro benzene ring substituents is 1. The van der Waals surface area contributed by atoms with E-state index in [1.165, 1.54) is 6.07 Å². The molecule has 0 radical (unpaired) electrons. The number of nitrogens with two attached hydrogens (primary N) is 1. The van der Waals surface area contributed by atoms with Gasteiger partial charge in [-0.05, 0) is 6.07 Å². The van der Waals surface area contributed by atoms with Crippen molar-refractivity contribution in [2.75, 3.05) is 6.61 Å². The minimum atomic E-state index is -4.78. The van der Waals surface area contributed by atoms with Gasteiger partial charge in [-0.1, -0.05) is 11.6 Å². The van der Waals surface area contributed by atoms with E-state index < -0.39 is 40.9 Å². The Morgan fingerprint density at radius 3 is 2.60 bits per heavy atom. The van der Waals surface area contributed by atoms with Gasteiger partial charge in [0.2, 0.25) is 0 Å². The molecule has 0 aromatic heterocycles. The summed E-state index contributed by atoms with van der Waals surface area (Å²) in [5.74, 6) is -3.90. The standard InChI is InChI=1S/C10H9ClF3N3O3/c11-5-1-2-7(17(18)19)8(3-5)20-4-6(9(15)16)10(12,13)14/h1-3,6H,4H2,(H3,15,16). The summed E-state index contributed by atoms with van der Waals surface area (Å²) in [4.78, 5) is 9.88. The largest absolute Gasteiger partial charge is 0.486 e. The van der Waals surface area contributed by atoms with Gasteiger partial charge in [-0.2, -0.15) is 13.2 Å². The predicted molar refractivity (Wildman–Crippen MR) is 65.1 cm³/mol. The van der Waals surface area contributed by atoms with Gasteiger partial charge in [-0.15, -0.1) is 0 Å². The van der Waals surface area contributed by atoms with Crippen molar-refractivity contribution in [3.63, 3.8) is 0 Å². The van der Waals surface area contributed by atoms with E-state index in [1.807, 2.05) is 0 Å². The van der Waals surface area contributed by atoms with Crippen LogP contribution in [0.4, 0.5) is 18.9 Å². The van der Waals surface area contributed by atoms with Crippen molar-refractivity contribution < 1.29 is 22.8 Å². The maximum atomic E-state index is 12.6. The van der Waals surface area contributed by atoms with E-state index >= 15 is 0 Å². The fourth-order valence-electron chi connectivity index (χ4n) is 1.29. The van der Waals surface area contributed by atoms with Crippen LogP contribution < -0.4 is 10.5 Å². The molecule has 0 aliphatic carbocycles. The van der Waals surface area contributed by atoms with E-state index in [-0.39, 0.29) is 5.02 Å². The van der Waals surface area contributed by atoms with Gasteiger partial charge < -0.3 is 10.5 Å². The van der Waals surface area contributed by atoms with Gasteiger partial charge in [0.15, 0.2) is 5.75 Å². The second-order valence-corrected chi connectivity index (χ2v) is 4.17. The SMILES string of the molecule is N=C(N)C(COc1cc(Cl)ccc1[N+](=O)[O-])C(F)(F)F. The number of amidine groups is 1. The third-order valence-corrected chi connectivity index (χ3v) is 2.53. The summed E-state index contributed by atoms with van der Waals surface area (Å²) >= 11 is 5.60. The predicted octanol–water partition coefficient (Wildman–Crippen LogP) is 2.74. The summed E-state index contributed by atoms with van der Waals surface area (Å²) in [5, 5.41) is 17.6. The van der Waals surface area contributed by atoms with Crippen LogP contribution in [0.25, 0.3) is 0 Å². The third-order valence-electron chi connectivity index (χ3n) is 2.29. The molecule has 6 nitrogen and oxygen atoms in total. The van der Waals surface area contributed by atoms with Gasteiger partial charge >= 0.3 is 11.9 Å². The van der Waals surface area contributed by atoms with Crippen molar-refractivity contribution in [1.82, 2.24) is 0 Å². The summed E-state index contributed by atoms with van der Waals surface area (Å²) in [6.45, 7) is -1.04. The molecule has 1 atom stereocenters. The zero-order valence-corrected chi connectivity index (χ0v) is 10.5. The van der Waals surface area contributed by atoms with E-state index in [2.05, 4.69) is 0 Å². The second-order valence-electron chi connectivity index (χ2n) is 3.73. The number of nitrogens with one attached hydrogen (secondary N) is 1. The van der Waals surface area contributed by atoms with Crippen molar-refractivity contribution in [2.45, 2.75) is 6.18 Å². The molecule has 0 saturated heterocycles. The van der Waals surface area contributed by atoms with Gasteiger partial charge in [-0.25, -0.2) is 0 Å². The Balaban J connectivity index is 2.96. The lowest BCUT2D eigenvalue weighted by molar-refractivity contribution is -0.386. The quantitative estimate of drug-likeness (QED) is 0.378. The van der Waals surface area contributed by atoms with E-state index in [4.69, 9.17) is 27.5 Å². The van der Waals surface area contributed by atoms with E-state index in [0.717, 1.165) is 12.1 Å². The van der Waals surface area contributed by atoms with Gasteiger partial charge in [0.25, 0.3) is 0 Å². The van der Waals surface area contributed by atoms with Crippen LogP contribution >= 0.6 is 11.6 Å². The third kappa shape index (κ3) is 3.98. The topological polar surface area (TPSA) is 102 Å². The fourth-order valence-corrected chi connectivity index (χ4v) is 1.45. The van der Waals surface area contributed by atoms with Crippen LogP contribution in [0.5, 0.6) is 5.75 Å². The Hall–Kier alpha value is -2.03. The highest BCUT2D eigenvalue weighted by molar-refractivity contribution is 6.30. The molecule has 0 spiro atoms. The maximum absolute atomic E-state index is 12.6. The normalized spacial score (nSPS) is 12.8. The molecule has 0 amide bonds. The van der Waals surface area contributed by atoms with Gasteiger partial charge in [0.05, 0.1) is 4.92 Å². The molecule has 0 saturated carbocycles. The number of rotatable bonds is 5. The first-order valence-corrected chi connectivity index (χ1v) is 5.48. The molecule has 1 aromatic carbocycles. The summed E-state index contributed by atoms with van der Waals surface area (Å²) in [5.41, 5.74) is 4.31. The number of halogens is 4. The van der Waals surface area contributed by atoms with Crippen LogP contribution in [-0.4, -0.2) is 23.5 Å². The smallest absolute Gasteiger partial charge is 0.401 e. The molecule has 0 fully saturated rings. The Morgan fingerprint density at radius 2 is 2.15 bits per heavy atom. The molecule has 0 bridgehead atoms. The zero-order valence-electron chi connectivity index (χ0n) is 9.78. The van der Waals surface area contributed by atoms with Crippen LogP contribution in [0.15, 0.2) is 18.2 Å². The van der Waals surface area contributed by atoms with Crippen molar-refractivity contribution >= 4 is 23.1 Å². The monoisotopic (exact) mass is 311 g/mol. The minimum absolute atomic E-state index is 0.0667. The fraction of sp³-hybridized carbons (Fsp3) is 0.300. The molecule has 0 aliphatic heterocycles. The summed E-state index contributed by atoms with van der Waals surface area (Å²) in [6.07, 6.45) is -4.78. The Morgan fingerprint density at radius 1 is 1.55 bits per heavy atom. The van der Waals surface area contributed by atoms with Gasteiger partial charge in [0.1, 0.15) is 18.4 Å². The first-order chi connectivity index (χ1) is 9.12. The molecule has 110 valence electrons. The Bertz CT molecular complexity index is 536. The average molecular weight is 312 g/mol. The average Bonchev–Trinajstić information content (AvgIpc) is 2.26. The number of hydrogen-bond donors (Lipinski definition) is 2. The van der Waals surface area contributed by atoms with E-state index in [1.54, 1.807) is 0 Å². The van der Waals surface area contributed by atoms with Gasteiger partial charge in [0, 0.05) is 17.2 Å². The van der Waals surface area contributed by atoms with Crippen LogP contribution in [0, 0.1) is 21.4 Å². The molecular weight excluding hydrogens is 303 g/mol. The number of benzene rings is 1. The van der Waals surface area contributed by atoms with Crippen molar-refractivity contribution in [1.29, 1.82) is 5.41 Å². The van der Waals surface area contributed by atoms with Crippen LogP contribution in [-0.2, 0) is 0 Å². The number of ether oxygens (including phenoxy) is 1. The summed E-state index contributed by atoms with van der Waals surface area (Å²) in [7, 11) is 0. The van der Waals surface area contributed by atoms with Crippen LogP contribution in [0.3, 0.4) is 0 Å². The number of nitro groups is 1. The van der Waals surface area contributed by atoms with E-state index in [9.17, 15) is 23.3 Å². The molecule has 0 heterocycles. The van der Waals surface area contributed by atoms with E-state index in [0.29, 0.717) is 0 Å². The number of hydrogen-bond acceptors (Lipinski definition) is 4. The Labute approximate surface area is 115 Å². The zero-order chi connectivity index (χ0) is 15.5.